The Morgan fingerprint density at radius 1 is 1.14 bits per heavy atom. The standard InChI is InChI=1S/C19H28N2O/c1-15(16-8-4-3-5-9-16)14-19(22)21-13-7-11-18(21)17-10-6-12-20(17)2/h3-5,8-9,15,17-18H,6-7,10-14H2,1-2H3. The molecule has 0 aromatic heterocycles. The number of carbonyl (C=O) groups is 1. The van der Waals surface area contributed by atoms with Crippen LogP contribution in [0.2, 0.25) is 0 Å². The highest BCUT2D eigenvalue weighted by Gasteiger charge is 2.38. The molecule has 3 rings (SSSR count). The van der Waals surface area contributed by atoms with Gasteiger partial charge in [-0.15, -0.1) is 0 Å². The summed E-state index contributed by atoms with van der Waals surface area (Å²) in [5, 5.41) is 0. The van der Waals surface area contributed by atoms with Crippen molar-refractivity contribution < 1.29 is 4.79 Å². The van der Waals surface area contributed by atoms with Crippen molar-refractivity contribution in [2.45, 2.75) is 57.0 Å². The van der Waals surface area contributed by atoms with Crippen molar-refractivity contribution in [1.29, 1.82) is 0 Å². The maximum atomic E-state index is 12.8. The van der Waals surface area contributed by atoms with E-state index in [0.29, 0.717) is 30.3 Å². The fraction of sp³-hybridized carbons (Fsp3) is 0.632. The van der Waals surface area contributed by atoms with E-state index in [9.17, 15) is 4.79 Å². The summed E-state index contributed by atoms with van der Waals surface area (Å²) >= 11 is 0. The highest BCUT2D eigenvalue weighted by atomic mass is 16.2. The van der Waals surface area contributed by atoms with Gasteiger partial charge in [-0.25, -0.2) is 0 Å². The van der Waals surface area contributed by atoms with Crippen molar-refractivity contribution in [3.05, 3.63) is 35.9 Å². The van der Waals surface area contributed by atoms with E-state index in [2.05, 4.69) is 48.0 Å². The molecule has 0 radical (unpaired) electrons. The van der Waals surface area contributed by atoms with Gasteiger partial charge in [-0.3, -0.25) is 4.79 Å². The molecule has 2 heterocycles. The van der Waals surface area contributed by atoms with Crippen LogP contribution in [-0.2, 0) is 4.79 Å². The molecular weight excluding hydrogens is 272 g/mol. The smallest absolute Gasteiger partial charge is 0.223 e. The molecule has 0 saturated carbocycles. The normalized spacial score (nSPS) is 27.3. The molecule has 3 nitrogen and oxygen atoms in total. The molecular formula is C19H28N2O. The molecule has 2 aliphatic rings. The first-order valence-electron chi connectivity index (χ1n) is 8.71. The van der Waals surface area contributed by atoms with Gasteiger partial charge in [0.2, 0.25) is 5.91 Å². The van der Waals surface area contributed by atoms with E-state index in [0.717, 1.165) is 6.54 Å². The van der Waals surface area contributed by atoms with E-state index in [4.69, 9.17) is 0 Å². The molecule has 2 saturated heterocycles. The molecule has 1 aromatic rings. The average Bonchev–Trinajstić information content (AvgIpc) is 3.16. The van der Waals surface area contributed by atoms with Crippen molar-refractivity contribution in [3.8, 4) is 0 Å². The highest BCUT2D eigenvalue weighted by Crippen LogP contribution is 2.30. The third kappa shape index (κ3) is 3.19. The number of benzene rings is 1. The van der Waals surface area contributed by atoms with Crippen LogP contribution >= 0.6 is 0 Å². The summed E-state index contributed by atoms with van der Waals surface area (Å²) in [6, 6.07) is 11.4. The lowest BCUT2D eigenvalue weighted by Gasteiger charge is -2.33. The minimum absolute atomic E-state index is 0.302. The predicted octanol–water partition coefficient (Wildman–Crippen LogP) is 3.27. The molecule has 120 valence electrons. The molecule has 1 amide bonds. The Bertz CT molecular complexity index is 501. The average molecular weight is 300 g/mol. The number of likely N-dealkylation sites (N-methyl/N-ethyl adjacent to an activating group) is 1. The first kappa shape index (κ1) is 15.5. The molecule has 0 aliphatic carbocycles. The molecule has 22 heavy (non-hydrogen) atoms. The van der Waals surface area contributed by atoms with Crippen molar-refractivity contribution >= 4 is 5.91 Å². The number of likely N-dealkylation sites (tertiary alicyclic amines) is 2. The topological polar surface area (TPSA) is 23.6 Å². The number of hydrogen-bond donors (Lipinski definition) is 0. The first-order valence-corrected chi connectivity index (χ1v) is 8.71. The SMILES string of the molecule is CC(CC(=O)N1CCCC1C1CCCN1C)c1ccccc1. The molecule has 0 bridgehead atoms. The van der Waals surface area contributed by atoms with Gasteiger partial charge in [0.25, 0.3) is 0 Å². The molecule has 1 aromatic carbocycles. The van der Waals surface area contributed by atoms with Crippen LogP contribution in [0.1, 0.15) is 50.5 Å². The monoisotopic (exact) mass is 300 g/mol. The van der Waals surface area contributed by atoms with Crippen LogP contribution in [0.5, 0.6) is 0 Å². The van der Waals surface area contributed by atoms with Gasteiger partial charge in [0.15, 0.2) is 0 Å². The molecule has 2 fully saturated rings. The van der Waals surface area contributed by atoms with E-state index in [-0.39, 0.29) is 0 Å². The zero-order valence-corrected chi connectivity index (χ0v) is 13.9. The van der Waals surface area contributed by atoms with Crippen LogP contribution in [0.4, 0.5) is 0 Å². The number of nitrogens with zero attached hydrogens (tertiary/aromatic N) is 2. The highest BCUT2D eigenvalue weighted by molar-refractivity contribution is 5.77. The fourth-order valence-electron chi connectivity index (χ4n) is 4.20. The summed E-state index contributed by atoms with van der Waals surface area (Å²) in [6.45, 7) is 4.30. The summed E-state index contributed by atoms with van der Waals surface area (Å²) in [5.74, 6) is 0.649. The molecule has 3 heteroatoms. The van der Waals surface area contributed by atoms with E-state index in [1.807, 2.05) is 6.07 Å². The summed E-state index contributed by atoms with van der Waals surface area (Å²) < 4.78 is 0. The lowest BCUT2D eigenvalue weighted by atomic mass is 9.96. The third-order valence-electron chi connectivity index (χ3n) is 5.49. The fourth-order valence-corrected chi connectivity index (χ4v) is 4.20. The Morgan fingerprint density at radius 3 is 2.50 bits per heavy atom. The maximum absolute atomic E-state index is 12.8. The number of hydrogen-bond acceptors (Lipinski definition) is 2. The molecule has 3 atom stereocenters. The summed E-state index contributed by atoms with van der Waals surface area (Å²) in [6.07, 6.45) is 5.51. The largest absolute Gasteiger partial charge is 0.338 e. The molecule has 2 aliphatic heterocycles. The Morgan fingerprint density at radius 2 is 1.82 bits per heavy atom. The van der Waals surface area contributed by atoms with Crippen LogP contribution in [-0.4, -0.2) is 47.9 Å². The maximum Gasteiger partial charge on any atom is 0.223 e. The van der Waals surface area contributed by atoms with Crippen LogP contribution in [0.15, 0.2) is 30.3 Å². The lowest BCUT2D eigenvalue weighted by Crippen LogP contribution is -2.47. The molecule has 0 N–H and O–H groups in total. The van der Waals surface area contributed by atoms with E-state index in [1.165, 1.54) is 37.8 Å². The van der Waals surface area contributed by atoms with Gasteiger partial charge < -0.3 is 9.80 Å². The van der Waals surface area contributed by atoms with Crippen LogP contribution in [0, 0.1) is 0 Å². The van der Waals surface area contributed by atoms with E-state index >= 15 is 0 Å². The van der Waals surface area contributed by atoms with Gasteiger partial charge in [0.1, 0.15) is 0 Å². The van der Waals surface area contributed by atoms with E-state index in [1.54, 1.807) is 0 Å². The molecule has 0 spiro atoms. The summed E-state index contributed by atoms with van der Waals surface area (Å²) in [4.78, 5) is 17.5. The van der Waals surface area contributed by atoms with Gasteiger partial charge in [-0.1, -0.05) is 37.3 Å². The minimum Gasteiger partial charge on any atom is -0.338 e. The van der Waals surface area contributed by atoms with Gasteiger partial charge in [0, 0.05) is 25.0 Å². The number of carbonyl (C=O) groups excluding carboxylic acids is 1. The minimum atomic E-state index is 0.302. The van der Waals surface area contributed by atoms with Gasteiger partial charge >= 0.3 is 0 Å². The second-order valence-corrected chi connectivity index (χ2v) is 7.00. The van der Waals surface area contributed by atoms with Crippen molar-refractivity contribution in [3.63, 3.8) is 0 Å². The van der Waals surface area contributed by atoms with Gasteiger partial charge in [0.05, 0.1) is 0 Å². The zero-order valence-electron chi connectivity index (χ0n) is 13.9. The van der Waals surface area contributed by atoms with Crippen molar-refractivity contribution in [2.75, 3.05) is 20.1 Å². The van der Waals surface area contributed by atoms with E-state index < -0.39 is 0 Å². The number of rotatable bonds is 4. The van der Waals surface area contributed by atoms with Crippen LogP contribution in [0.3, 0.4) is 0 Å². The van der Waals surface area contributed by atoms with Gasteiger partial charge in [-0.2, -0.15) is 0 Å². The quantitative estimate of drug-likeness (QED) is 0.852. The zero-order chi connectivity index (χ0) is 15.5. The van der Waals surface area contributed by atoms with Crippen LogP contribution < -0.4 is 0 Å². The Labute approximate surface area is 134 Å². The van der Waals surface area contributed by atoms with Gasteiger partial charge in [-0.05, 0) is 50.8 Å². The first-order chi connectivity index (χ1) is 10.7. The number of amides is 1. The Hall–Kier alpha value is -1.35. The summed E-state index contributed by atoms with van der Waals surface area (Å²) in [5.41, 5.74) is 1.27. The predicted molar refractivity (Wildman–Crippen MR) is 89.9 cm³/mol. The third-order valence-corrected chi connectivity index (χ3v) is 5.49. The van der Waals surface area contributed by atoms with Crippen LogP contribution in [0.25, 0.3) is 0 Å². The molecule has 3 unspecified atom stereocenters. The van der Waals surface area contributed by atoms with Crippen molar-refractivity contribution in [2.24, 2.45) is 0 Å². The second kappa shape index (κ2) is 6.82. The Balaban J connectivity index is 1.63. The Kier molecular flexibility index (Phi) is 4.82. The summed E-state index contributed by atoms with van der Waals surface area (Å²) in [7, 11) is 2.21. The van der Waals surface area contributed by atoms with Crippen molar-refractivity contribution in [1.82, 2.24) is 9.80 Å². The lowest BCUT2D eigenvalue weighted by molar-refractivity contribution is -0.133. The second-order valence-electron chi connectivity index (χ2n) is 7.00.